The minimum atomic E-state index is -0.500. The van der Waals surface area contributed by atoms with Crippen LogP contribution in [0.4, 0.5) is 4.79 Å². The van der Waals surface area contributed by atoms with Crippen molar-refractivity contribution in [3.8, 4) is 11.8 Å². The summed E-state index contributed by atoms with van der Waals surface area (Å²) < 4.78 is 5.10. The molecule has 1 N–H and O–H groups in total. The Morgan fingerprint density at radius 1 is 1.33 bits per heavy atom. The first kappa shape index (κ1) is 16.7. The van der Waals surface area contributed by atoms with E-state index in [2.05, 4.69) is 22.1 Å². The zero-order valence-corrected chi connectivity index (χ0v) is 12.8. The van der Waals surface area contributed by atoms with Crippen LogP contribution in [0.15, 0.2) is 18.3 Å². The van der Waals surface area contributed by atoms with Gasteiger partial charge in [-0.05, 0) is 32.9 Å². The molecule has 0 spiro atoms. The second kappa shape index (κ2) is 7.44. The topological polar surface area (TPSA) is 68.3 Å². The van der Waals surface area contributed by atoms with Crippen molar-refractivity contribution in [1.82, 2.24) is 10.3 Å². The zero-order chi connectivity index (χ0) is 15.9. The lowest BCUT2D eigenvalue weighted by atomic mass is 10.2. The monoisotopic (exact) mass is 288 g/mol. The molecule has 0 aliphatic heterocycles. The first-order valence-electron chi connectivity index (χ1n) is 6.70. The van der Waals surface area contributed by atoms with Crippen LogP contribution in [0.2, 0.25) is 0 Å². The minimum absolute atomic E-state index is 0.0731. The minimum Gasteiger partial charge on any atom is -0.444 e. The largest absolute Gasteiger partial charge is 0.444 e. The molecule has 0 unspecified atom stereocenters. The summed E-state index contributed by atoms with van der Waals surface area (Å²) in [5.74, 6) is 5.77. The number of hydrogen-bond acceptors (Lipinski definition) is 4. The molecule has 0 atom stereocenters. The number of amides is 1. The number of carbonyl (C=O) groups excluding carboxylic acids is 2. The summed E-state index contributed by atoms with van der Waals surface area (Å²) >= 11 is 0. The molecule has 5 nitrogen and oxygen atoms in total. The van der Waals surface area contributed by atoms with E-state index in [1.807, 2.05) is 20.8 Å². The number of aromatic nitrogens is 1. The van der Waals surface area contributed by atoms with Gasteiger partial charge in [0.15, 0.2) is 5.78 Å². The summed E-state index contributed by atoms with van der Waals surface area (Å²) in [6, 6.07) is 3.39. The third-order valence-electron chi connectivity index (χ3n) is 2.28. The fraction of sp³-hybridized carbons (Fsp3) is 0.438. The molecule has 0 bridgehead atoms. The molecule has 0 saturated carbocycles. The molecule has 1 amide bonds. The number of Topliss-reactive ketones (excluding diaryl/α,β-unsaturated/α-hetero) is 1. The van der Waals surface area contributed by atoms with Crippen molar-refractivity contribution in [2.75, 3.05) is 6.54 Å². The molecular formula is C16H20N2O3. The molecule has 5 heteroatoms. The highest BCUT2D eigenvalue weighted by molar-refractivity contribution is 5.92. The molecule has 0 aliphatic carbocycles. The van der Waals surface area contributed by atoms with Gasteiger partial charge in [-0.25, -0.2) is 4.79 Å². The highest BCUT2D eigenvalue weighted by Crippen LogP contribution is 2.06. The van der Waals surface area contributed by atoms with Crippen LogP contribution in [0.25, 0.3) is 0 Å². The summed E-state index contributed by atoms with van der Waals surface area (Å²) in [6.45, 7) is 7.31. The number of ether oxygens (including phenoxy) is 1. The third-order valence-corrected chi connectivity index (χ3v) is 2.28. The number of ketones is 1. The van der Waals surface area contributed by atoms with Crippen molar-refractivity contribution in [1.29, 1.82) is 0 Å². The molecule has 21 heavy (non-hydrogen) atoms. The van der Waals surface area contributed by atoms with E-state index in [1.165, 1.54) is 6.92 Å². The van der Waals surface area contributed by atoms with E-state index in [9.17, 15) is 9.59 Å². The maximum atomic E-state index is 11.4. The Labute approximate surface area is 125 Å². The molecule has 112 valence electrons. The van der Waals surface area contributed by atoms with E-state index in [-0.39, 0.29) is 5.78 Å². The van der Waals surface area contributed by atoms with Gasteiger partial charge in [0.05, 0.1) is 0 Å². The standard InChI is InChI=1S/C16H20N2O3/c1-12(19)14-9-8-13(11-18-14)7-5-6-10-17-15(20)21-16(2,3)4/h8-9,11H,6,10H2,1-4H3,(H,17,20). The fourth-order valence-corrected chi connectivity index (χ4v) is 1.38. The normalized spacial score (nSPS) is 10.3. The molecule has 0 radical (unpaired) electrons. The first-order valence-corrected chi connectivity index (χ1v) is 6.70. The van der Waals surface area contributed by atoms with E-state index in [0.29, 0.717) is 18.7 Å². The Hall–Kier alpha value is -2.35. The van der Waals surface area contributed by atoms with E-state index in [1.54, 1.807) is 18.3 Å². The Balaban J connectivity index is 2.36. The van der Waals surface area contributed by atoms with Gasteiger partial charge < -0.3 is 10.1 Å². The number of alkyl carbamates (subject to hydrolysis) is 1. The average Bonchev–Trinajstić information content (AvgIpc) is 2.36. The average molecular weight is 288 g/mol. The summed E-state index contributed by atoms with van der Waals surface area (Å²) in [5, 5.41) is 2.63. The van der Waals surface area contributed by atoms with E-state index < -0.39 is 11.7 Å². The van der Waals surface area contributed by atoms with Gasteiger partial charge in [0.25, 0.3) is 0 Å². The lowest BCUT2D eigenvalue weighted by Crippen LogP contribution is -2.32. The van der Waals surface area contributed by atoms with Crippen LogP contribution in [0, 0.1) is 11.8 Å². The molecule has 1 rings (SSSR count). The number of rotatable bonds is 3. The molecule has 0 saturated heterocycles. The van der Waals surface area contributed by atoms with Crippen LogP contribution in [-0.4, -0.2) is 29.0 Å². The van der Waals surface area contributed by atoms with Crippen molar-refractivity contribution < 1.29 is 14.3 Å². The van der Waals surface area contributed by atoms with Crippen molar-refractivity contribution in [3.05, 3.63) is 29.6 Å². The number of nitrogens with one attached hydrogen (secondary N) is 1. The Morgan fingerprint density at radius 3 is 2.57 bits per heavy atom. The number of carbonyl (C=O) groups is 2. The fourth-order valence-electron chi connectivity index (χ4n) is 1.38. The summed E-state index contributed by atoms with van der Waals surface area (Å²) in [6.07, 6.45) is 1.62. The second-order valence-corrected chi connectivity index (χ2v) is 5.47. The Morgan fingerprint density at radius 2 is 2.05 bits per heavy atom. The van der Waals surface area contributed by atoms with Gasteiger partial charge in [0.1, 0.15) is 11.3 Å². The van der Waals surface area contributed by atoms with Crippen LogP contribution in [0.5, 0.6) is 0 Å². The van der Waals surface area contributed by atoms with Gasteiger partial charge >= 0.3 is 6.09 Å². The molecule has 1 aromatic heterocycles. The van der Waals surface area contributed by atoms with Crippen molar-refractivity contribution >= 4 is 11.9 Å². The summed E-state index contributed by atoms with van der Waals surface area (Å²) in [7, 11) is 0. The van der Waals surface area contributed by atoms with Gasteiger partial charge in [-0.1, -0.05) is 11.8 Å². The molecule has 1 heterocycles. The maximum absolute atomic E-state index is 11.4. The van der Waals surface area contributed by atoms with E-state index >= 15 is 0 Å². The van der Waals surface area contributed by atoms with Crippen LogP contribution in [0.3, 0.4) is 0 Å². The predicted molar refractivity (Wildman–Crippen MR) is 80.0 cm³/mol. The third kappa shape index (κ3) is 7.11. The van der Waals surface area contributed by atoms with Gasteiger partial charge in [-0.2, -0.15) is 0 Å². The molecule has 0 aromatic carbocycles. The maximum Gasteiger partial charge on any atom is 0.407 e. The van der Waals surface area contributed by atoms with Gasteiger partial charge in [-0.3, -0.25) is 9.78 Å². The van der Waals surface area contributed by atoms with Gasteiger partial charge in [-0.15, -0.1) is 0 Å². The van der Waals surface area contributed by atoms with Crippen molar-refractivity contribution in [2.45, 2.75) is 39.7 Å². The lowest BCUT2D eigenvalue weighted by Gasteiger charge is -2.19. The van der Waals surface area contributed by atoms with E-state index in [0.717, 1.165) is 5.56 Å². The van der Waals surface area contributed by atoms with Gasteiger partial charge in [0, 0.05) is 31.6 Å². The van der Waals surface area contributed by atoms with Crippen molar-refractivity contribution in [2.24, 2.45) is 0 Å². The van der Waals surface area contributed by atoms with Crippen LogP contribution < -0.4 is 5.32 Å². The van der Waals surface area contributed by atoms with Crippen LogP contribution >= 0.6 is 0 Å². The highest BCUT2D eigenvalue weighted by Gasteiger charge is 2.15. The number of hydrogen-bond donors (Lipinski definition) is 1. The number of pyridine rings is 1. The summed E-state index contributed by atoms with van der Waals surface area (Å²) in [5.41, 5.74) is 0.657. The van der Waals surface area contributed by atoms with E-state index in [4.69, 9.17) is 4.74 Å². The molecule has 0 fully saturated rings. The Kier molecular flexibility index (Phi) is 5.92. The molecule has 1 aromatic rings. The first-order chi connectivity index (χ1) is 9.78. The molecule has 0 aliphatic rings. The second-order valence-electron chi connectivity index (χ2n) is 5.47. The number of nitrogens with zero attached hydrogens (tertiary/aromatic N) is 1. The van der Waals surface area contributed by atoms with Crippen molar-refractivity contribution in [3.63, 3.8) is 0 Å². The zero-order valence-electron chi connectivity index (χ0n) is 12.8. The SMILES string of the molecule is CC(=O)c1ccc(C#CCCNC(=O)OC(C)(C)C)cn1. The quantitative estimate of drug-likeness (QED) is 0.527. The predicted octanol–water partition coefficient (Wildman–Crippen LogP) is 2.55. The smallest absolute Gasteiger partial charge is 0.407 e. The lowest BCUT2D eigenvalue weighted by molar-refractivity contribution is 0.0529. The Bertz CT molecular complexity index is 560. The summed E-state index contributed by atoms with van der Waals surface area (Å²) in [4.78, 5) is 26.4. The van der Waals surface area contributed by atoms with Gasteiger partial charge in [0.2, 0.25) is 0 Å². The van der Waals surface area contributed by atoms with Crippen LogP contribution in [0.1, 0.15) is 50.2 Å². The molecular weight excluding hydrogens is 268 g/mol. The van der Waals surface area contributed by atoms with Crippen LogP contribution in [-0.2, 0) is 4.74 Å². The highest BCUT2D eigenvalue weighted by atomic mass is 16.6.